The van der Waals surface area contributed by atoms with Crippen LogP contribution in [0.25, 0.3) is 0 Å². The highest BCUT2D eigenvalue weighted by atomic mass is 19.4. The van der Waals surface area contributed by atoms with Crippen molar-refractivity contribution in [3.63, 3.8) is 0 Å². The van der Waals surface area contributed by atoms with Crippen molar-refractivity contribution in [2.24, 2.45) is 0 Å². The number of carbonyl (C=O) groups is 1. The van der Waals surface area contributed by atoms with E-state index in [0.717, 1.165) is 6.07 Å². The van der Waals surface area contributed by atoms with Gasteiger partial charge in [-0.15, -0.1) is 0 Å². The average molecular weight is 275 g/mol. The summed E-state index contributed by atoms with van der Waals surface area (Å²) in [5.41, 5.74) is 4.64. The van der Waals surface area contributed by atoms with Crippen LogP contribution >= 0.6 is 0 Å². The molecule has 0 aliphatic rings. The monoisotopic (exact) mass is 275 g/mol. The Balaban J connectivity index is 2.96. The van der Waals surface area contributed by atoms with E-state index in [-0.39, 0.29) is 30.2 Å². The molecule has 0 bridgehead atoms. The second-order valence-electron chi connectivity index (χ2n) is 4.12. The number of nitrogen functional groups attached to an aromatic ring is 1. The number of hydrogen-bond acceptors (Lipinski definition) is 3. The van der Waals surface area contributed by atoms with Gasteiger partial charge in [0.1, 0.15) is 0 Å². The molecule has 1 amide bonds. The van der Waals surface area contributed by atoms with Gasteiger partial charge in [-0.1, -0.05) is 0 Å². The number of nitrogens with one attached hydrogen (secondary N) is 1. The fraction of sp³-hybridized carbons (Fsp3) is 0.417. The fourth-order valence-corrected chi connectivity index (χ4v) is 1.63. The number of hydrogen-bond donors (Lipinski definition) is 2. The number of halogens is 3. The number of anilines is 2. The minimum Gasteiger partial charge on any atom is -0.399 e. The number of nitrogens with two attached hydrogens (primary N) is 1. The molecule has 0 unspecified atom stereocenters. The van der Waals surface area contributed by atoms with Crippen LogP contribution in [-0.2, 0) is 11.0 Å². The van der Waals surface area contributed by atoms with E-state index >= 15 is 0 Å². The quantitative estimate of drug-likeness (QED) is 0.825. The van der Waals surface area contributed by atoms with E-state index in [1.807, 2.05) is 0 Å². The van der Waals surface area contributed by atoms with Gasteiger partial charge in [-0.3, -0.25) is 4.79 Å². The number of alkyl halides is 3. The molecule has 1 rings (SSSR count). The highest BCUT2D eigenvalue weighted by molar-refractivity contribution is 5.76. The Morgan fingerprint density at radius 3 is 2.58 bits per heavy atom. The minimum absolute atomic E-state index is 0.00519. The van der Waals surface area contributed by atoms with E-state index in [1.54, 1.807) is 0 Å². The molecule has 0 spiro atoms. The molecule has 3 N–H and O–H groups in total. The van der Waals surface area contributed by atoms with E-state index in [2.05, 4.69) is 5.32 Å². The molecule has 0 saturated heterocycles. The van der Waals surface area contributed by atoms with E-state index in [0.29, 0.717) is 0 Å². The molecule has 0 fully saturated rings. The molecule has 0 aromatic heterocycles. The predicted octanol–water partition coefficient (Wildman–Crippen LogP) is 1.86. The van der Waals surface area contributed by atoms with Crippen LogP contribution in [0.3, 0.4) is 0 Å². The highest BCUT2D eigenvalue weighted by Crippen LogP contribution is 2.37. The lowest BCUT2D eigenvalue weighted by Crippen LogP contribution is -2.27. The Hall–Kier alpha value is -1.92. The Morgan fingerprint density at radius 2 is 2.05 bits per heavy atom. The van der Waals surface area contributed by atoms with Crippen LogP contribution in [0.4, 0.5) is 24.5 Å². The molecule has 7 heteroatoms. The lowest BCUT2D eigenvalue weighted by Gasteiger charge is -2.23. The van der Waals surface area contributed by atoms with Crippen LogP contribution in [0.2, 0.25) is 0 Å². The zero-order valence-corrected chi connectivity index (χ0v) is 10.7. The van der Waals surface area contributed by atoms with Gasteiger partial charge in [0, 0.05) is 38.4 Å². The standard InChI is InChI=1S/C12H16F3N3O/c1-17-11(19)5-6-18(2)10-4-3-8(16)7-9(10)12(13,14)15/h3-4,7H,5-6,16H2,1-2H3,(H,17,19). The molecule has 0 radical (unpaired) electrons. The maximum Gasteiger partial charge on any atom is 0.418 e. The summed E-state index contributed by atoms with van der Waals surface area (Å²) in [7, 11) is 2.98. The number of benzene rings is 1. The average Bonchev–Trinajstić information content (AvgIpc) is 2.34. The largest absolute Gasteiger partial charge is 0.418 e. The van der Waals surface area contributed by atoms with Gasteiger partial charge in [0.25, 0.3) is 0 Å². The summed E-state index contributed by atoms with van der Waals surface area (Å²) >= 11 is 0. The fourth-order valence-electron chi connectivity index (χ4n) is 1.63. The van der Waals surface area contributed by atoms with Gasteiger partial charge in [0.2, 0.25) is 5.91 Å². The SMILES string of the molecule is CNC(=O)CCN(C)c1ccc(N)cc1C(F)(F)F. The van der Waals surface area contributed by atoms with Crippen molar-refractivity contribution < 1.29 is 18.0 Å². The van der Waals surface area contributed by atoms with Crippen molar-refractivity contribution in [2.45, 2.75) is 12.6 Å². The molecular weight excluding hydrogens is 259 g/mol. The van der Waals surface area contributed by atoms with Crippen molar-refractivity contribution in [1.82, 2.24) is 5.32 Å². The first kappa shape index (κ1) is 15.1. The molecule has 0 atom stereocenters. The number of rotatable bonds is 4. The summed E-state index contributed by atoms with van der Waals surface area (Å²) in [6.45, 7) is 0.187. The highest BCUT2D eigenvalue weighted by Gasteiger charge is 2.34. The smallest absolute Gasteiger partial charge is 0.399 e. The lowest BCUT2D eigenvalue weighted by atomic mass is 10.1. The van der Waals surface area contributed by atoms with Crippen LogP contribution in [0.5, 0.6) is 0 Å². The maximum absolute atomic E-state index is 12.9. The first-order chi connectivity index (χ1) is 8.75. The predicted molar refractivity (Wildman–Crippen MR) is 67.8 cm³/mol. The molecular formula is C12H16F3N3O. The van der Waals surface area contributed by atoms with E-state index in [4.69, 9.17) is 5.73 Å². The molecule has 0 aliphatic heterocycles. The van der Waals surface area contributed by atoms with Crippen molar-refractivity contribution in [2.75, 3.05) is 31.3 Å². The number of nitrogens with zero attached hydrogens (tertiary/aromatic N) is 1. The van der Waals surface area contributed by atoms with Crippen LogP contribution < -0.4 is 16.0 Å². The Labute approximate surface area is 109 Å². The van der Waals surface area contributed by atoms with Crippen molar-refractivity contribution in [3.05, 3.63) is 23.8 Å². The normalized spacial score (nSPS) is 11.2. The second kappa shape index (κ2) is 5.81. The van der Waals surface area contributed by atoms with Gasteiger partial charge < -0.3 is 16.0 Å². The van der Waals surface area contributed by atoms with Crippen molar-refractivity contribution in [1.29, 1.82) is 0 Å². The molecule has 1 aromatic carbocycles. The van der Waals surface area contributed by atoms with Crippen LogP contribution in [0, 0.1) is 0 Å². The summed E-state index contributed by atoms with van der Waals surface area (Å²) < 4.78 is 38.7. The van der Waals surface area contributed by atoms with Gasteiger partial charge in [0.15, 0.2) is 0 Å². The third kappa shape index (κ3) is 4.04. The Bertz CT molecular complexity index is 460. The Kier molecular flexibility index (Phi) is 4.63. The van der Waals surface area contributed by atoms with E-state index in [1.165, 1.54) is 31.1 Å². The van der Waals surface area contributed by atoms with Gasteiger partial charge in [-0.2, -0.15) is 13.2 Å². The molecule has 1 aromatic rings. The van der Waals surface area contributed by atoms with Crippen LogP contribution in [0.15, 0.2) is 18.2 Å². The second-order valence-corrected chi connectivity index (χ2v) is 4.12. The van der Waals surface area contributed by atoms with Crippen LogP contribution in [-0.4, -0.2) is 26.5 Å². The zero-order chi connectivity index (χ0) is 14.6. The summed E-state index contributed by atoms with van der Waals surface area (Å²) in [5.74, 6) is -0.226. The first-order valence-electron chi connectivity index (χ1n) is 5.64. The van der Waals surface area contributed by atoms with E-state index in [9.17, 15) is 18.0 Å². The molecule has 4 nitrogen and oxygen atoms in total. The summed E-state index contributed by atoms with van der Waals surface area (Å²) in [6.07, 6.45) is -4.36. The van der Waals surface area contributed by atoms with Gasteiger partial charge in [0.05, 0.1) is 5.56 Å². The zero-order valence-electron chi connectivity index (χ0n) is 10.7. The third-order valence-corrected chi connectivity index (χ3v) is 2.69. The van der Waals surface area contributed by atoms with Gasteiger partial charge in [-0.25, -0.2) is 0 Å². The number of amides is 1. The lowest BCUT2D eigenvalue weighted by molar-refractivity contribution is -0.137. The van der Waals surface area contributed by atoms with Crippen molar-refractivity contribution in [3.8, 4) is 0 Å². The van der Waals surface area contributed by atoms with Crippen molar-refractivity contribution >= 4 is 17.3 Å². The summed E-state index contributed by atoms with van der Waals surface area (Å²) in [4.78, 5) is 12.5. The third-order valence-electron chi connectivity index (χ3n) is 2.69. The Morgan fingerprint density at radius 1 is 1.42 bits per heavy atom. The number of carbonyl (C=O) groups excluding carboxylic acids is 1. The van der Waals surface area contributed by atoms with Gasteiger partial charge in [-0.05, 0) is 18.2 Å². The topological polar surface area (TPSA) is 58.4 Å². The van der Waals surface area contributed by atoms with E-state index < -0.39 is 11.7 Å². The maximum atomic E-state index is 12.9. The molecule has 106 valence electrons. The van der Waals surface area contributed by atoms with Crippen LogP contribution in [0.1, 0.15) is 12.0 Å². The molecule has 19 heavy (non-hydrogen) atoms. The summed E-state index contributed by atoms with van der Waals surface area (Å²) in [5, 5.41) is 2.42. The summed E-state index contributed by atoms with van der Waals surface area (Å²) in [6, 6.07) is 3.61. The van der Waals surface area contributed by atoms with Gasteiger partial charge >= 0.3 is 6.18 Å². The minimum atomic E-state index is -4.48. The first-order valence-corrected chi connectivity index (χ1v) is 5.64. The molecule has 0 heterocycles. The molecule has 0 aliphatic carbocycles. The molecule has 0 saturated carbocycles.